The molecule has 5 rings (SSSR count). The second kappa shape index (κ2) is 8.81. The third-order valence-electron chi connectivity index (χ3n) is 5.58. The number of hydrogen-bond donors (Lipinski definition) is 1. The molecule has 2 aromatic heterocycles. The molecule has 6 nitrogen and oxygen atoms in total. The lowest BCUT2D eigenvalue weighted by Crippen LogP contribution is -2.37. The molecule has 2 aliphatic rings. The van der Waals surface area contributed by atoms with Crippen LogP contribution in [0.3, 0.4) is 0 Å². The van der Waals surface area contributed by atoms with Crippen LogP contribution in [0.5, 0.6) is 0 Å². The lowest BCUT2D eigenvalue weighted by molar-refractivity contribution is 0.122. The lowest BCUT2D eigenvalue weighted by Gasteiger charge is -2.27. The van der Waals surface area contributed by atoms with E-state index in [1.165, 1.54) is 0 Å². The van der Waals surface area contributed by atoms with Crippen molar-refractivity contribution in [2.24, 2.45) is 0 Å². The Balaban J connectivity index is 1.47. The smallest absolute Gasteiger partial charge is 0.228 e. The molecule has 0 saturated carbocycles. The lowest BCUT2D eigenvalue weighted by atomic mass is 10.0. The number of ether oxygens (including phenoxy) is 1. The number of pyridine rings is 1. The summed E-state index contributed by atoms with van der Waals surface area (Å²) in [7, 11) is 0. The van der Waals surface area contributed by atoms with Crippen LogP contribution in [0.4, 0.5) is 16.2 Å². The molecule has 0 spiro atoms. The number of nitrogens with one attached hydrogen (secondary N) is 1. The number of benzene rings is 1. The molecule has 1 fully saturated rings. The van der Waals surface area contributed by atoms with Gasteiger partial charge >= 0.3 is 0 Å². The van der Waals surface area contributed by atoms with Gasteiger partial charge < -0.3 is 15.0 Å². The topological polar surface area (TPSA) is 63.2 Å². The van der Waals surface area contributed by atoms with E-state index in [1.807, 2.05) is 18.3 Å². The van der Waals surface area contributed by atoms with E-state index in [1.54, 1.807) is 18.3 Å². The van der Waals surface area contributed by atoms with Crippen LogP contribution >= 0.6 is 0 Å². The SMILES string of the molecule is Fc1cc2c(c(-c3cc(NCCc4cccnc4)nc(N4CCOCC4)n3)c1)C=CC2. The predicted octanol–water partition coefficient (Wildman–Crippen LogP) is 3.74. The summed E-state index contributed by atoms with van der Waals surface area (Å²) >= 11 is 0. The van der Waals surface area contributed by atoms with Crippen molar-refractivity contribution in [2.75, 3.05) is 43.1 Å². The first-order valence-corrected chi connectivity index (χ1v) is 10.6. The molecule has 0 amide bonds. The number of aromatic nitrogens is 3. The maximum Gasteiger partial charge on any atom is 0.228 e. The van der Waals surface area contributed by atoms with Crippen molar-refractivity contribution in [1.29, 1.82) is 0 Å². The molecule has 7 heteroatoms. The fourth-order valence-electron chi connectivity index (χ4n) is 4.00. The third-order valence-corrected chi connectivity index (χ3v) is 5.58. The molecule has 1 aliphatic heterocycles. The van der Waals surface area contributed by atoms with Crippen LogP contribution in [0, 0.1) is 5.82 Å². The van der Waals surface area contributed by atoms with Gasteiger partial charge in [-0.2, -0.15) is 4.98 Å². The van der Waals surface area contributed by atoms with Gasteiger partial charge in [-0.15, -0.1) is 0 Å². The Bertz CT molecular complexity index is 1100. The van der Waals surface area contributed by atoms with Gasteiger partial charge in [0.05, 0.1) is 18.9 Å². The van der Waals surface area contributed by atoms with E-state index in [-0.39, 0.29) is 5.82 Å². The zero-order chi connectivity index (χ0) is 21.0. The molecule has 1 N–H and O–H groups in total. The van der Waals surface area contributed by atoms with E-state index in [0.717, 1.165) is 59.7 Å². The minimum Gasteiger partial charge on any atom is -0.378 e. The highest BCUT2D eigenvalue weighted by Gasteiger charge is 2.19. The van der Waals surface area contributed by atoms with E-state index in [4.69, 9.17) is 14.7 Å². The van der Waals surface area contributed by atoms with Crippen LogP contribution in [0.2, 0.25) is 0 Å². The van der Waals surface area contributed by atoms with Crippen LogP contribution in [0.25, 0.3) is 17.3 Å². The van der Waals surface area contributed by atoms with E-state index >= 15 is 0 Å². The maximum absolute atomic E-state index is 14.3. The highest BCUT2D eigenvalue weighted by atomic mass is 19.1. The molecule has 0 atom stereocenters. The summed E-state index contributed by atoms with van der Waals surface area (Å²) in [5.41, 5.74) is 4.71. The van der Waals surface area contributed by atoms with Crippen LogP contribution in [0.1, 0.15) is 16.7 Å². The molecule has 1 aromatic carbocycles. The van der Waals surface area contributed by atoms with E-state index in [9.17, 15) is 4.39 Å². The largest absolute Gasteiger partial charge is 0.378 e. The Kier molecular flexibility index (Phi) is 5.58. The van der Waals surface area contributed by atoms with Crippen molar-refractivity contribution in [3.63, 3.8) is 0 Å². The van der Waals surface area contributed by atoms with Gasteiger partial charge in [-0.25, -0.2) is 9.37 Å². The summed E-state index contributed by atoms with van der Waals surface area (Å²) < 4.78 is 19.8. The Morgan fingerprint density at radius 3 is 2.87 bits per heavy atom. The molecule has 1 aliphatic carbocycles. The first-order valence-electron chi connectivity index (χ1n) is 10.6. The molecule has 0 unspecified atom stereocenters. The number of hydrogen-bond acceptors (Lipinski definition) is 6. The average molecular weight is 417 g/mol. The maximum atomic E-state index is 14.3. The fraction of sp³-hybridized carbons (Fsp3) is 0.292. The summed E-state index contributed by atoms with van der Waals surface area (Å²) in [5, 5.41) is 3.42. The van der Waals surface area contributed by atoms with E-state index < -0.39 is 0 Å². The van der Waals surface area contributed by atoms with Gasteiger partial charge in [-0.05, 0) is 47.7 Å². The number of allylic oxidation sites excluding steroid dienone is 1. The van der Waals surface area contributed by atoms with Crippen LogP contribution in [-0.4, -0.2) is 47.8 Å². The van der Waals surface area contributed by atoms with Gasteiger partial charge in [0, 0.05) is 43.7 Å². The Morgan fingerprint density at radius 2 is 2.03 bits per heavy atom. The highest BCUT2D eigenvalue weighted by Crippen LogP contribution is 2.33. The van der Waals surface area contributed by atoms with Gasteiger partial charge in [0.1, 0.15) is 11.6 Å². The Morgan fingerprint density at radius 1 is 1.13 bits per heavy atom. The average Bonchev–Trinajstić information content (AvgIpc) is 3.28. The van der Waals surface area contributed by atoms with Gasteiger partial charge in [-0.1, -0.05) is 18.2 Å². The third kappa shape index (κ3) is 4.41. The first-order chi connectivity index (χ1) is 15.3. The monoisotopic (exact) mass is 417 g/mol. The van der Waals surface area contributed by atoms with Crippen molar-refractivity contribution in [3.05, 3.63) is 71.3 Å². The fourth-order valence-corrected chi connectivity index (χ4v) is 4.00. The quantitative estimate of drug-likeness (QED) is 0.659. The van der Waals surface area contributed by atoms with Gasteiger partial charge in [0.15, 0.2) is 0 Å². The summed E-state index contributed by atoms with van der Waals surface area (Å²) in [6.45, 7) is 3.48. The second-order valence-corrected chi connectivity index (χ2v) is 7.71. The molecule has 3 aromatic rings. The van der Waals surface area contributed by atoms with Crippen molar-refractivity contribution in [1.82, 2.24) is 15.0 Å². The molecular weight excluding hydrogens is 393 g/mol. The van der Waals surface area contributed by atoms with Gasteiger partial charge in [0.25, 0.3) is 0 Å². The van der Waals surface area contributed by atoms with Gasteiger partial charge in [0.2, 0.25) is 5.95 Å². The van der Waals surface area contributed by atoms with Crippen molar-refractivity contribution >= 4 is 17.8 Å². The number of morpholine rings is 1. The molecule has 31 heavy (non-hydrogen) atoms. The summed E-state index contributed by atoms with van der Waals surface area (Å²) in [5.74, 6) is 1.13. The normalized spacial score (nSPS) is 15.2. The molecule has 0 radical (unpaired) electrons. The number of anilines is 2. The van der Waals surface area contributed by atoms with Crippen LogP contribution in [-0.2, 0) is 17.6 Å². The zero-order valence-electron chi connectivity index (χ0n) is 17.2. The van der Waals surface area contributed by atoms with Gasteiger partial charge in [-0.3, -0.25) is 4.98 Å². The molecule has 1 saturated heterocycles. The van der Waals surface area contributed by atoms with Crippen molar-refractivity contribution in [2.45, 2.75) is 12.8 Å². The van der Waals surface area contributed by atoms with E-state index in [2.05, 4.69) is 33.4 Å². The summed E-state index contributed by atoms with van der Waals surface area (Å²) in [6, 6.07) is 9.08. The minimum absolute atomic E-state index is 0.241. The number of fused-ring (bicyclic) bond motifs is 1. The van der Waals surface area contributed by atoms with Crippen LogP contribution in [0.15, 0.2) is 48.8 Å². The Hall–Kier alpha value is -3.32. The molecule has 3 heterocycles. The predicted molar refractivity (Wildman–Crippen MR) is 120 cm³/mol. The molecular formula is C24H24FN5O. The number of nitrogens with zero attached hydrogens (tertiary/aromatic N) is 4. The Labute approximate surface area is 180 Å². The highest BCUT2D eigenvalue weighted by molar-refractivity contribution is 5.79. The molecule has 0 bridgehead atoms. The molecule has 158 valence electrons. The first kappa shape index (κ1) is 19.6. The number of rotatable bonds is 6. The summed E-state index contributed by atoms with van der Waals surface area (Å²) in [6.07, 6.45) is 9.33. The van der Waals surface area contributed by atoms with Crippen molar-refractivity contribution < 1.29 is 9.13 Å². The standard InChI is InChI=1S/C24H24FN5O/c25-19-13-18-4-1-5-20(18)21(14-19)22-15-23(27-8-6-17-3-2-7-26-16-17)29-24(28-22)30-9-11-31-12-10-30/h1-3,5,7,13-16H,4,6,8-12H2,(H,27,28,29). The zero-order valence-corrected chi connectivity index (χ0v) is 17.2. The van der Waals surface area contributed by atoms with Crippen molar-refractivity contribution in [3.8, 4) is 11.3 Å². The minimum atomic E-state index is -0.241. The van der Waals surface area contributed by atoms with Crippen LogP contribution < -0.4 is 10.2 Å². The number of halogens is 1. The summed E-state index contributed by atoms with van der Waals surface area (Å²) in [4.78, 5) is 15.9. The van der Waals surface area contributed by atoms with E-state index in [0.29, 0.717) is 25.7 Å². The second-order valence-electron chi connectivity index (χ2n) is 7.71.